The summed E-state index contributed by atoms with van der Waals surface area (Å²) in [5.74, 6) is -0.116. The average molecular weight is 323 g/mol. The summed E-state index contributed by atoms with van der Waals surface area (Å²) in [7, 11) is 0. The van der Waals surface area contributed by atoms with Crippen LogP contribution >= 0.6 is 11.3 Å². The lowest BCUT2D eigenvalue weighted by Crippen LogP contribution is -2.09. The molecule has 0 amide bonds. The molecule has 1 aliphatic rings. The lowest BCUT2D eigenvalue weighted by molar-refractivity contribution is 0.632. The molecule has 0 radical (unpaired) electrons. The Morgan fingerprint density at radius 3 is 2.83 bits per heavy atom. The largest absolute Gasteiger partial charge is 0.329 e. The van der Waals surface area contributed by atoms with E-state index in [1.807, 2.05) is 29.8 Å². The highest BCUT2D eigenvalue weighted by Gasteiger charge is 2.19. The van der Waals surface area contributed by atoms with Crippen LogP contribution in [0.1, 0.15) is 17.2 Å². The molecule has 0 bridgehead atoms. The Balaban J connectivity index is 1.54. The van der Waals surface area contributed by atoms with E-state index in [-0.39, 0.29) is 11.7 Å². The first-order valence-electron chi connectivity index (χ1n) is 7.39. The van der Waals surface area contributed by atoms with Gasteiger partial charge in [0.05, 0.1) is 17.1 Å². The Hall–Kier alpha value is -2.53. The van der Waals surface area contributed by atoms with E-state index in [4.69, 9.17) is 0 Å². The zero-order chi connectivity index (χ0) is 15.6. The van der Waals surface area contributed by atoms with Gasteiger partial charge in [-0.2, -0.15) is 0 Å². The molecule has 0 saturated heterocycles. The lowest BCUT2D eigenvalue weighted by atomic mass is 9.94. The Labute approximate surface area is 137 Å². The monoisotopic (exact) mass is 323 g/mol. The number of para-hydroxylation sites is 2. The maximum Gasteiger partial charge on any atom is 0.187 e. The third kappa shape index (κ3) is 2.87. The number of anilines is 2. The lowest BCUT2D eigenvalue weighted by Gasteiger charge is -2.16. The van der Waals surface area contributed by atoms with Crippen molar-refractivity contribution in [3.63, 3.8) is 0 Å². The Kier molecular flexibility index (Phi) is 3.63. The Morgan fingerprint density at radius 1 is 1.09 bits per heavy atom. The highest BCUT2D eigenvalue weighted by Crippen LogP contribution is 2.32. The minimum absolute atomic E-state index is 0.164. The SMILES string of the molecule is Fc1ccccc1Nc1nc(C2C=Nc3ccccc3C2)cs1. The van der Waals surface area contributed by atoms with Crippen LogP contribution in [0, 0.1) is 5.82 Å². The van der Waals surface area contributed by atoms with E-state index in [2.05, 4.69) is 21.4 Å². The topological polar surface area (TPSA) is 37.3 Å². The highest BCUT2D eigenvalue weighted by atomic mass is 32.1. The normalized spacial score (nSPS) is 16.1. The van der Waals surface area contributed by atoms with Gasteiger partial charge in [0.25, 0.3) is 0 Å². The van der Waals surface area contributed by atoms with E-state index in [1.165, 1.54) is 23.0 Å². The number of nitrogens with zero attached hydrogens (tertiary/aromatic N) is 2. The number of benzene rings is 2. The average Bonchev–Trinajstić information content (AvgIpc) is 3.05. The number of rotatable bonds is 3. The summed E-state index contributed by atoms with van der Waals surface area (Å²) in [5.41, 5.74) is 3.67. The van der Waals surface area contributed by atoms with Crippen LogP contribution in [-0.4, -0.2) is 11.2 Å². The number of hydrogen-bond acceptors (Lipinski definition) is 4. The second-order valence-corrected chi connectivity index (χ2v) is 6.26. The number of thiazole rings is 1. The van der Waals surface area contributed by atoms with Gasteiger partial charge in [0, 0.05) is 17.5 Å². The molecule has 0 fully saturated rings. The van der Waals surface area contributed by atoms with Crippen molar-refractivity contribution in [3.05, 3.63) is 71.0 Å². The fourth-order valence-electron chi connectivity index (χ4n) is 2.64. The number of fused-ring (bicyclic) bond motifs is 1. The van der Waals surface area contributed by atoms with Gasteiger partial charge in [0.15, 0.2) is 5.13 Å². The van der Waals surface area contributed by atoms with E-state index in [9.17, 15) is 4.39 Å². The third-order valence-corrected chi connectivity index (χ3v) is 4.62. The Bertz CT molecular complexity index is 872. The minimum Gasteiger partial charge on any atom is -0.329 e. The van der Waals surface area contributed by atoms with E-state index in [0.29, 0.717) is 10.8 Å². The van der Waals surface area contributed by atoms with Gasteiger partial charge in [-0.1, -0.05) is 30.3 Å². The number of nitrogens with one attached hydrogen (secondary N) is 1. The molecule has 2 heterocycles. The van der Waals surface area contributed by atoms with Gasteiger partial charge in [-0.05, 0) is 30.2 Å². The zero-order valence-corrected chi connectivity index (χ0v) is 13.1. The van der Waals surface area contributed by atoms with Crippen molar-refractivity contribution in [1.29, 1.82) is 0 Å². The molecule has 3 nitrogen and oxygen atoms in total. The first kappa shape index (κ1) is 14.1. The fourth-order valence-corrected chi connectivity index (χ4v) is 3.43. The second-order valence-electron chi connectivity index (χ2n) is 5.40. The van der Waals surface area contributed by atoms with Crippen molar-refractivity contribution in [1.82, 2.24) is 4.98 Å². The third-order valence-electron chi connectivity index (χ3n) is 3.84. The van der Waals surface area contributed by atoms with Crippen molar-refractivity contribution >= 4 is 34.1 Å². The summed E-state index contributed by atoms with van der Waals surface area (Å²) >= 11 is 1.48. The summed E-state index contributed by atoms with van der Waals surface area (Å²) in [5, 5.41) is 5.74. The molecule has 4 rings (SSSR count). The van der Waals surface area contributed by atoms with Gasteiger partial charge in [-0.15, -0.1) is 11.3 Å². The zero-order valence-electron chi connectivity index (χ0n) is 12.2. The maximum absolute atomic E-state index is 13.7. The molecule has 1 N–H and O–H groups in total. The van der Waals surface area contributed by atoms with Crippen molar-refractivity contribution in [2.75, 3.05) is 5.32 Å². The first-order valence-corrected chi connectivity index (χ1v) is 8.26. The molecule has 0 aliphatic carbocycles. The van der Waals surface area contributed by atoms with Gasteiger partial charge in [0.2, 0.25) is 0 Å². The molecule has 114 valence electrons. The van der Waals surface area contributed by atoms with Crippen LogP contribution in [0.25, 0.3) is 0 Å². The first-order chi connectivity index (χ1) is 11.3. The predicted molar refractivity (Wildman–Crippen MR) is 92.8 cm³/mol. The van der Waals surface area contributed by atoms with Crippen LogP contribution in [0.5, 0.6) is 0 Å². The van der Waals surface area contributed by atoms with Crippen LogP contribution < -0.4 is 5.32 Å². The molecule has 3 aromatic rings. The maximum atomic E-state index is 13.7. The van der Waals surface area contributed by atoms with Crippen LogP contribution in [0.15, 0.2) is 58.9 Å². The molecule has 0 saturated carbocycles. The number of aliphatic imine (C=N–C) groups is 1. The summed E-state index contributed by atoms with van der Waals surface area (Å²) in [6, 6.07) is 14.8. The quantitative estimate of drug-likeness (QED) is 0.731. The Morgan fingerprint density at radius 2 is 1.91 bits per heavy atom. The van der Waals surface area contributed by atoms with Gasteiger partial charge >= 0.3 is 0 Å². The van der Waals surface area contributed by atoms with Crippen LogP contribution in [-0.2, 0) is 6.42 Å². The molecule has 5 heteroatoms. The number of aromatic nitrogens is 1. The molecule has 23 heavy (non-hydrogen) atoms. The summed E-state index contributed by atoms with van der Waals surface area (Å²) < 4.78 is 13.7. The van der Waals surface area contributed by atoms with Crippen molar-refractivity contribution in [3.8, 4) is 0 Å². The van der Waals surface area contributed by atoms with Crippen molar-refractivity contribution < 1.29 is 4.39 Å². The standard InChI is InChI=1S/C18H14FN3S/c19-14-6-2-4-8-16(14)21-18-22-17(11-23-18)13-9-12-5-1-3-7-15(12)20-10-13/h1-8,10-11,13H,9H2,(H,21,22). The molecule has 1 unspecified atom stereocenters. The van der Waals surface area contributed by atoms with Crippen LogP contribution in [0.4, 0.5) is 20.9 Å². The smallest absolute Gasteiger partial charge is 0.187 e. The van der Waals surface area contributed by atoms with Gasteiger partial charge in [-0.3, -0.25) is 4.99 Å². The minimum atomic E-state index is -0.280. The summed E-state index contributed by atoms with van der Waals surface area (Å²) in [4.78, 5) is 9.11. The number of hydrogen-bond donors (Lipinski definition) is 1. The van der Waals surface area contributed by atoms with Gasteiger partial charge in [-0.25, -0.2) is 9.37 Å². The molecule has 2 aromatic carbocycles. The van der Waals surface area contributed by atoms with E-state index >= 15 is 0 Å². The van der Waals surface area contributed by atoms with E-state index in [0.717, 1.165) is 17.8 Å². The molecule has 0 spiro atoms. The molecule has 1 aliphatic heterocycles. The van der Waals surface area contributed by atoms with Gasteiger partial charge < -0.3 is 5.32 Å². The van der Waals surface area contributed by atoms with Crippen LogP contribution in [0.3, 0.4) is 0 Å². The predicted octanol–water partition coefficient (Wildman–Crippen LogP) is 5.07. The molecular weight excluding hydrogens is 309 g/mol. The fraction of sp³-hybridized carbons (Fsp3) is 0.111. The van der Waals surface area contributed by atoms with Crippen LogP contribution in [0.2, 0.25) is 0 Å². The van der Waals surface area contributed by atoms with Crippen molar-refractivity contribution in [2.45, 2.75) is 12.3 Å². The summed E-state index contributed by atoms with van der Waals surface area (Å²) in [6.07, 6.45) is 2.84. The molecular formula is C18H14FN3S. The van der Waals surface area contributed by atoms with Crippen molar-refractivity contribution in [2.24, 2.45) is 4.99 Å². The summed E-state index contributed by atoms with van der Waals surface area (Å²) in [6.45, 7) is 0. The second kappa shape index (κ2) is 5.93. The molecule has 1 aromatic heterocycles. The highest BCUT2D eigenvalue weighted by molar-refractivity contribution is 7.13. The van der Waals surface area contributed by atoms with E-state index in [1.54, 1.807) is 18.2 Å². The van der Waals surface area contributed by atoms with E-state index < -0.39 is 0 Å². The number of halogens is 1. The molecule has 1 atom stereocenters. The van der Waals surface area contributed by atoms with Gasteiger partial charge in [0.1, 0.15) is 5.82 Å².